The molecule has 1 aromatic heterocycles. The Kier molecular flexibility index (Phi) is 4.43. The molecule has 116 valence electrons. The van der Waals surface area contributed by atoms with Crippen molar-refractivity contribution in [3.8, 4) is 11.4 Å². The van der Waals surface area contributed by atoms with Crippen LogP contribution in [0.4, 0.5) is 0 Å². The van der Waals surface area contributed by atoms with Gasteiger partial charge in [0.2, 0.25) is 5.82 Å². The lowest BCUT2D eigenvalue weighted by molar-refractivity contribution is -0.255. The first-order valence-corrected chi connectivity index (χ1v) is 7.94. The maximum Gasteiger partial charge on any atom is 0.286 e. The third-order valence-electron chi connectivity index (χ3n) is 3.27. The molecule has 0 amide bonds. The smallest absolute Gasteiger partial charge is 0.286 e. The van der Waals surface area contributed by atoms with Gasteiger partial charge in [-0.2, -0.15) is 4.98 Å². The Morgan fingerprint density at radius 2 is 1.83 bits per heavy atom. The van der Waals surface area contributed by atoms with Crippen molar-refractivity contribution in [2.24, 2.45) is 0 Å². The highest BCUT2D eigenvalue weighted by Crippen LogP contribution is 2.24. The number of carboxylic acid groups (broad SMARTS) is 1. The number of carbonyl (C=O) groups is 1. The standard InChI is InChI=1S/C17H14N2O3S/c1-11-2-6-13(7-3-11)15-18-17(22-19-15)23-10-12-4-8-14(9-5-12)16(20)21/h2-9H,10H2,1H3,(H,20,21)/p-1. The van der Waals surface area contributed by atoms with E-state index in [1.165, 1.54) is 29.5 Å². The molecule has 0 bridgehead atoms. The highest BCUT2D eigenvalue weighted by atomic mass is 32.2. The van der Waals surface area contributed by atoms with Gasteiger partial charge in [-0.25, -0.2) is 0 Å². The summed E-state index contributed by atoms with van der Waals surface area (Å²) in [7, 11) is 0. The molecule has 0 saturated carbocycles. The van der Waals surface area contributed by atoms with Crippen LogP contribution in [0, 0.1) is 6.92 Å². The Morgan fingerprint density at radius 3 is 2.48 bits per heavy atom. The molecule has 3 aromatic rings. The molecule has 0 unspecified atom stereocenters. The molecule has 23 heavy (non-hydrogen) atoms. The summed E-state index contributed by atoms with van der Waals surface area (Å²) in [5.74, 6) is -0.00768. The van der Waals surface area contributed by atoms with E-state index < -0.39 is 5.97 Å². The number of aryl methyl sites for hydroxylation is 1. The number of nitrogens with zero attached hydrogens (tertiary/aromatic N) is 2. The van der Waals surface area contributed by atoms with Crippen molar-refractivity contribution in [1.82, 2.24) is 10.1 Å². The zero-order chi connectivity index (χ0) is 16.2. The zero-order valence-corrected chi connectivity index (χ0v) is 13.2. The van der Waals surface area contributed by atoms with E-state index in [0.29, 0.717) is 16.8 Å². The third kappa shape index (κ3) is 3.78. The molecule has 3 rings (SSSR count). The molecule has 0 radical (unpaired) electrons. The van der Waals surface area contributed by atoms with Gasteiger partial charge in [0.1, 0.15) is 0 Å². The van der Waals surface area contributed by atoms with Crippen LogP contribution in [0.1, 0.15) is 21.5 Å². The molecule has 0 aliphatic carbocycles. The van der Waals surface area contributed by atoms with Crippen LogP contribution in [-0.4, -0.2) is 16.1 Å². The topological polar surface area (TPSA) is 79.0 Å². The minimum atomic E-state index is -1.18. The Labute approximate surface area is 137 Å². The van der Waals surface area contributed by atoms with E-state index in [-0.39, 0.29) is 5.56 Å². The number of carbonyl (C=O) groups excluding carboxylic acids is 1. The number of aromatic carboxylic acids is 1. The second-order valence-electron chi connectivity index (χ2n) is 5.02. The summed E-state index contributed by atoms with van der Waals surface area (Å²) in [6.07, 6.45) is 0. The van der Waals surface area contributed by atoms with Gasteiger partial charge in [-0.15, -0.1) is 0 Å². The number of hydrogen-bond donors (Lipinski definition) is 0. The van der Waals surface area contributed by atoms with Gasteiger partial charge in [0, 0.05) is 11.3 Å². The lowest BCUT2D eigenvalue weighted by atomic mass is 10.1. The molecule has 0 N–H and O–H groups in total. The number of carboxylic acids is 1. The molecule has 0 aliphatic heterocycles. The lowest BCUT2D eigenvalue weighted by Gasteiger charge is -2.03. The minimum absolute atomic E-state index is 0.165. The zero-order valence-electron chi connectivity index (χ0n) is 12.4. The summed E-state index contributed by atoms with van der Waals surface area (Å²) in [6, 6.07) is 14.4. The normalized spacial score (nSPS) is 10.7. The summed E-state index contributed by atoms with van der Waals surface area (Å²) in [4.78, 5) is 15.1. The van der Waals surface area contributed by atoms with Crippen molar-refractivity contribution in [2.75, 3.05) is 0 Å². The SMILES string of the molecule is Cc1ccc(-c2noc(SCc3ccc(C(=O)[O-])cc3)n2)cc1. The average Bonchev–Trinajstić information content (AvgIpc) is 3.03. The van der Waals surface area contributed by atoms with Gasteiger partial charge in [-0.3, -0.25) is 0 Å². The number of aromatic nitrogens is 2. The first-order valence-electron chi connectivity index (χ1n) is 6.95. The number of thioether (sulfide) groups is 1. The highest BCUT2D eigenvalue weighted by Gasteiger charge is 2.09. The molecule has 1 heterocycles. The molecular formula is C17H13N2O3S-. The maximum absolute atomic E-state index is 10.7. The van der Waals surface area contributed by atoms with E-state index in [1.54, 1.807) is 12.1 Å². The molecule has 0 saturated heterocycles. The predicted octanol–water partition coefficient (Wildman–Crippen LogP) is 2.70. The highest BCUT2D eigenvalue weighted by molar-refractivity contribution is 7.98. The fourth-order valence-electron chi connectivity index (χ4n) is 1.97. The summed E-state index contributed by atoms with van der Waals surface area (Å²) in [6.45, 7) is 2.02. The maximum atomic E-state index is 10.7. The fraction of sp³-hybridized carbons (Fsp3) is 0.118. The number of rotatable bonds is 5. The largest absolute Gasteiger partial charge is 0.545 e. The van der Waals surface area contributed by atoms with Crippen LogP contribution >= 0.6 is 11.8 Å². The van der Waals surface area contributed by atoms with Crippen molar-refractivity contribution in [3.63, 3.8) is 0 Å². The fourth-order valence-corrected chi connectivity index (χ4v) is 2.69. The van der Waals surface area contributed by atoms with Gasteiger partial charge < -0.3 is 14.4 Å². The summed E-state index contributed by atoms with van der Waals surface area (Å²) in [5.41, 5.74) is 3.21. The van der Waals surface area contributed by atoms with Crippen LogP contribution in [0.5, 0.6) is 0 Å². The van der Waals surface area contributed by atoms with Gasteiger partial charge in [-0.05, 0) is 18.1 Å². The second kappa shape index (κ2) is 6.66. The molecular weight excluding hydrogens is 312 g/mol. The van der Waals surface area contributed by atoms with Crippen LogP contribution < -0.4 is 5.11 Å². The van der Waals surface area contributed by atoms with Crippen molar-refractivity contribution in [2.45, 2.75) is 17.9 Å². The molecule has 5 nitrogen and oxygen atoms in total. The summed E-state index contributed by atoms with van der Waals surface area (Å²) >= 11 is 1.40. The first-order chi connectivity index (χ1) is 11.1. The summed E-state index contributed by atoms with van der Waals surface area (Å²) < 4.78 is 5.23. The van der Waals surface area contributed by atoms with Gasteiger partial charge in [0.05, 0.1) is 5.97 Å². The monoisotopic (exact) mass is 325 g/mol. The molecule has 2 aromatic carbocycles. The predicted molar refractivity (Wildman–Crippen MR) is 84.8 cm³/mol. The second-order valence-corrected chi connectivity index (χ2v) is 5.95. The Balaban J connectivity index is 1.65. The van der Waals surface area contributed by atoms with Crippen LogP contribution in [0.2, 0.25) is 0 Å². The van der Waals surface area contributed by atoms with Crippen molar-refractivity contribution >= 4 is 17.7 Å². The molecule has 0 aliphatic rings. The van der Waals surface area contributed by atoms with Gasteiger partial charge in [0.15, 0.2) is 0 Å². The van der Waals surface area contributed by atoms with E-state index in [0.717, 1.165) is 11.1 Å². The summed E-state index contributed by atoms with van der Waals surface area (Å²) in [5, 5.41) is 15.1. The van der Waals surface area contributed by atoms with E-state index >= 15 is 0 Å². The number of benzene rings is 2. The van der Waals surface area contributed by atoms with E-state index in [2.05, 4.69) is 10.1 Å². The van der Waals surface area contributed by atoms with Crippen LogP contribution in [0.25, 0.3) is 11.4 Å². The lowest BCUT2D eigenvalue weighted by Crippen LogP contribution is -2.21. The first kappa shape index (κ1) is 15.3. The minimum Gasteiger partial charge on any atom is -0.545 e. The molecule has 0 atom stereocenters. The van der Waals surface area contributed by atoms with Gasteiger partial charge >= 0.3 is 0 Å². The Morgan fingerprint density at radius 1 is 1.13 bits per heavy atom. The van der Waals surface area contributed by atoms with E-state index in [9.17, 15) is 9.90 Å². The molecule has 6 heteroatoms. The third-order valence-corrected chi connectivity index (χ3v) is 4.16. The molecule has 0 spiro atoms. The molecule has 0 fully saturated rings. The van der Waals surface area contributed by atoms with E-state index in [1.807, 2.05) is 31.2 Å². The van der Waals surface area contributed by atoms with Gasteiger partial charge in [0.25, 0.3) is 5.22 Å². The van der Waals surface area contributed by atoms with Gasteiger partial charge in [-0.1, -0.05) is 71.0 Å². The number of hydrogen-bond acceptors (Lipinski definition) is 6. The van der Waals surface area contributed by atoms with Crippen molar-refractivity contribution in [1.29, 1.82) is 0 Å². The average molecular weight is 325 g/mol. The Hall–Kier alpha value is -2.60. The van der Waals surface area contributed by atoms with Crippen molar-refractivity contribution < 1.29 is 14.4 Å². The van der Waals surface area contributed by atoms with Crippen LogP contribution in [0.15, 0.2) is 58.3 Å². The van der Waals surface area contributed by atoms with Crippen LogP contribution in [-0.2, 0) is 5.75 Å². The van der Waals surface area contributed by atoms with Crippen LogP contribution in [0.3, 0.4) is 0 Å². The van der Waals surface area contributed by atoms with E-state index in [4.69, 9.17) is 4.52 Å². The quantitative estimate of drug-likeness (QED) is 0.671. The van der Waals surface area contributed by atoms with Crippen molar-refractivity contribution in [3.05, 3.63) is 65.2 Å². The Bertz CT molecular complexity index is 811.